The van der Waals surface area contributed by atoms with E-state index < -0.39 is 23.3 Å². The SMILES string of the molecule is CC(=O)S.CC(=O)SCC(=O)c1ccccc1.CC(=O)SN.CC(C)(C)C1CCCC1.CC(C)(C)C1CCCCC1.CC(C)C(C)(C)C.NOS(=O)O.O=C(OC(=O)c1ccccc1)c1ccccc1. The van der Waals surface area contributed by atoms with Gasteiger partial charge in [0.2, 0.25) is 0 Å². The van der Waals surface area contributed by atoms with Crippen molar-refractivity contribution < 1.29 is 46.5 Å². The van der Waals surface area contributed by atoms with Crippen LogP contribution in [0.4, 0.5) is 0 Å². The summed E-state index contributed by atoms with van der Waals surface area (Å²) in [5.74, 6) is 5.89. The first-order chi connectivity index (χ1) is 32.4. The number of rotatable bonds is 6. The lowest BCUT2D eigenvalue weighted by Gasteiger charge is -2.33. The minimum absolute atomic E-state index is 0.000741. The van der Waals surface area contributed by atoms with Gasteiger partial charge in [-0.05, 0) is 95.9 Å². The van der Waals surface area contributed by atoms with Crippen LogP contribution in [0.5, 0.6) is 0 Å². The van der Waals surface area contributed by atoms with E-state index in [1.54, 1.807) is 72.8 Å². The highest BCUT2D eigenvalue weighted by atomic mass is 32.2. The van der Waals surface area contributed by atoms with Crippen molar-refractivity contribution in [2.24, 2.45) is 45.0 Å². The van der Waals surface area contributed by atoms with Crippen LogP contribution >= 0.6 is 36.3 Å². The summed E-state index contributed by atoms with van der Waals surface area (Å²) in [5.41, 5.74) is 3.03. The largest absolute Gasteiger partial charge is 0.386 e. The molecule has 5 N–H and O–H groups in total. The lowest BCUT2D eigenvalue weighted by atomic mass is 9.72. The third kappa shape index (κ3) is 42.2. The van der Waals surface area contributed by atoms with Crippen molar-refractivity contribution >= 4 is 80.8 Å². The molecule has 12 nitrogen and oxygen atoms in total. The van der Waals surface area contributed by atoms with Gasteiger partial charge in [-0.15, -0.1) is 12.6 Å². The number of thiol groups is 1. The summed E-state index contributed by atoms with van der Waals surface area (Å²) in [6, 6.07) is 25.8. The maximum absolute atomic E-state index is 11.6. The fourth-order valence-corrected chi connectivity index (χ4v) is 6.49. The quantitative estimate of drug-likeness (QED) is 0.0344. The molecule has 1 unspecified atom stereocenters. The number of nitrogens with two attached hydrogens (primary N) is 2. The second-order valence-electron chi connectivity index (χ2n) is 20.0. The molecule has 0 aliphatic heterocycles. The number of hydrogen-bond acceptors (Lipinski definition) is 13. The van der Waals surface area contributed by atoms with E-state index in [1.165, 1.54) is 78.6 Å². The highest BCUT2D eigenvalue weighted by Crippen LogP contribution is 2.39. The normalized spacial score (nSPS) is 13.6. The van der Waals surface area contributed by atoms with Gasteiger partial charge in [-0.25, -0.2) is 9.59 Å². The molecule has 0 amide bonds. The average molecular weight is 1050 g/mol. The Kier molecular flexibility index (Phi) is 40.5. The molecule has 2 saturated carbocycles. The van der Waals surface area contributed by atoms with Gasteiger partial charge in [0.25, 0.3) is 0 Å². The van der Waals surface area contributed by atoms with Crippen molar-refractivity contribution in [3.63, 3.8) is 0 Å². The summed E-state index contributed by atoms with van der Waals surface area (Å²) in [5, 5.41) is 4.52. The van der Waals surface area contributed by atoms with E-state index in [9.17, 15) is 28.8 Å². The van der Waals surface area contributed by atoms with E-state index in [2.05, 4.69) is 99.0 Å². The van der Waals surface area contributed by atoms with Crippen LogP contribution in [0.3, 0.4) is 0 Å². The Morgan fingerprint density at radius 2 is 0.900 bits per heavy atom. The molecule has 2 aliphatic rings. The lowest BCUT2D eigenvalue weighted by molar-refractivity contribution is -0.109. The highest BCUT2D eigenvalue weighted by molar-refractivity contribution is 8.14. The molecular weight excluding hydrogens is 965 g/mol. The van der Waals surface area contributed by atoms with Crippen LogP contribution in [0.1, 0.15) is 186 Å². The van der Waals surface area contributed by atoms with Crippen molar-refractivity contribution in [2.45, 2.75) is 155 Å². The van der Waals surface area contributed by atoms with E-state index in [1.807, 2.05) is 18.2 Å². The Morgan fingerprint density at radius 3 is 1.11 bits per heavy atom. The number of ketones is 1. The molecule has 0 bridgehead atoms. The predicted molar refractivity (Wildman–Crippen MR) is 296 cm³/mol. The zero-order valence-electron chi connectivity index (χ0n) is 44.4. The van der Waals surface area contributed by atoms with Gasteiger partial charge < -0.3 is 4.74 Å². The molecule has 5 rings (SSSR count). The van der Waals surface area contributed by atoms with Crippen LogP contribution in [0.25, 0.3) is 0 Å². The summed E-state index contributed by atoms with van der Waals surface area (Å²) in [6.07, 6.45) is 13.3. The van der Waals surface area contributed by atoms with Gasteiger partial charge in [-0.2, -0.15) is 14.4 Å². The van der Waals surface area contributed by atoms with E-state index >= 15 is 0 Å². The fourth-order valence-electron chi connectivity index (χ4n) is 5.99. The van der Waals surface area contributed by atoms with Gasteiger partial charge in [0, 0.05) is 26.3 Å². The van der Waals surface area contributed by atoms with Crippen LogP contribution in [-0.2, 0) is 34.8 Å². The molecule has 2 fully saturated rings. The summed E-state index contributed by atoms with van der Waals surface area (Å²) in [6.45, 7) is 29.8. The Labute approximate surface area is 438 Å². The van der Waals surface area contributed by atoms with E-state index in [0.29, 0.717) is 32.9 Å². The van der Waals surface area contributed by atoms with Gasteiger partial charge >= 0.3 is 23.3 Å². The van der Waals surface area contributed by atoms with Gasteiger partial charge in [0.1, 0.15) is 0 Å². The van der Waals surface area contributed by atoms with Crippen LogP contribution < -0.4 is 11.0 Å². The maximum atomic E-state index is 11.6. The number of ether oxygens (including phenoxy) is 1. The Morgan fingerprint density at radius 1 is 0.629 bits per heavy atom. The maximum Gasteiger partial charge on any atom is 0.346 e. The van der Waals surface area contributed by atoms with Crippen LogP contribution in [-0.4, -0.2) is 47.6 Å². The van der Waals surface area contributed by atoms with Crippen molar-refractivity contribution in [2.75, 3.05) is 5.75 Å². The third-order valence-electron chi connectivity index (χ3n) is 11.1. The number of carbonyl (C=O) groups excluding carboxylic acids is 6. The van der Waals surface area contributed by atoms with Crippen LogP contribution in [0.2, 0.25) is 0 Å². The number of esters is 2. The molecule has 70 heavy (non-hydrogen) atoms. The van der Waals surface area contributed by atoms with Crippen LogP contribution in [0, 0.1) is 34.0 Å². The second kappa shape index (κ2) is 40.1. The molecule has 1 atom stereocenters. The lowest BCUT2D eigenvalue weighted by Crippen LogP contribution is -2.22. The topological polar surface area (TPSA) is 210 Å². The standard InChI is InChI=1S/C14H10O3.C10H10O2S.C10H20.C9H18.C7H16.C2H5NOS.C2H4OS.H3NO3S/c15-13(11-7-3-1-4-8-11)17-14(16)12-9-5-2-6-10-12;1-8(11)13-7-10(12)9-5-3-2-4-6-9;1-10(2,3)9-7-5-4-6-8-9;1-9(2,3)8-6-4-5-7-8;1-6(2)7(3,4)5;1-2(4)5-3;1-2(3)4;1-4-5(2)3/h1-10H;2-6H,7H2,1H3;9H,4-8H2,1-3H3;8H,4-7H2,1-3H3;6H,1-5H3;3H2,1H3;1H3,(H,3,4);1H2,(H,2,3). The molecule has 0 heterocycles. The number of carbonyl (C=O) groups is 6. The van der Waals surface area contributed by atoms with E-state index in [0.717, 1.165) is 41.5 Å². The molecule has 2 aliphatic carbocycles. The van der Waals surface area contributed by atoms with Crippen molar-refractivity contribution in [1.82, 2.24) is 0 Å². The summed E-state index contributed by atoms with van der Waals surface area (Å²) in [4.78, 5) is 64.1. The Bertz CT molecular complexity index is 1830. The fraction of sp³-hybridized carbons (Fsp3) is 0.556. The Hall–Kier alpha value is -3.48. The van der Waals surface area contributed by atoms with E-state index in [4.69, 9.17) is 18.6 Å². The summed E-state index contributed by atoms with van der Waals surface area (Å²) >= 11 is 2.82. The van der Waals surface area contributed by atoms with Gasteiger partial charge in [-0.1, -0.05) is 187 Å². The first-order valence-corrected chi connectivity index (χ1v) is 26.9. The summed E-state index contributed by atoms with van der Waals surface area (Å²) < 4.78 is 24.6. The van der Waals surface area contributed by atoms with E-state index in [-0.39, 0.29) is 26.9 Å². The minimum atomic E-state index is -2.29. The molecule has 0 spiro atoms. The third-order valence-corrected chi connectivity index (χ3v) is 12.4. The zero-order chi connectivity index (χ0) is 54.5. The van der Waals surface area contributed by atoms with Crippen molar-refractivity contribution in [3.05, 3.63) is 108 Å². The average Bonchev–Trinajstić information content (AvgIpc) is 3.87. The molecule has 396 valence electrons. The molecule has 3 aromatic rings. The van der Waals surface area contributed by atoms with Crippen molar-refractivity contribution in [3.8, 4) is 0 Å². The zero-order valence-corrected chi connectivity index (χ0v) is 47.8. The number of thioether (sulfide) groups is 1. The number of Topliss-reactive ketones (excluding diaryl/α,β-unsaturated/α-hetero) is 1. The molecule has 16 heteroatoms. The Balaban J connectivity index is -0.000000768. The van der Waals surface area contributed by atoms with Crippen molar-refractivity contribution in [1.29, 1.82) is 0 Å². The van der Waals surface area contributed by atoms with Crippen LogP contribution in [0.15, 0.2) is 91.0 Å². The first kappa shape index (κ1) is 70.8. The molecule has 0 radical (unpaired) electrons. The van der Waals surface area contributed by atoms with Gasteiger partial charge in [0.15, 0.2) is 21.1 Å². The van der Waals surface area contributed by atoms with Gasteiger partial charge in [-0.3, -0.25) is 28.9 Å². The summed E-state index contributed by atoms with van der Waals surface area (Å²) in [7, 11) is 0. The number of hydrogen-bond donors (Lipinski definition) is 4. The minimum Gasteiger partial charge on any atom is -0.386 e. The highest BCUT2D eigenvalue weighted by Gasteiger charge is 2.27. The monoisotopic (exact) mass is 1050 g/mol. The number of benzene rings is 3. The molecule has 0 saturated heterocycles. The molecule has 3 aromatic carbocycles. The smallest absolute Gasteiger partial charge is 0.346 e. The molecular formula is C54H86N2O10S4. The second-order valence-corrected chi connectivity index (χ2v) is 23.2. The predicted octanol–water partition coefficient (Wildman–Crippen LogP) is 14.0. The van der Waals surface area contributed by atoms with Gasteiger partial charge in [0.05, 0.1) is 16.9 Å². The molecule has 0 aromatic heterocycles. The first-order valence-electron chi connectivity index (χ1n) is 23.5.